The van der Waals surface area contributed by atoms with Gasteiger partial charge in [-0.25, -0.2) is 8.42 Å². The lowest BCUT2D eigenvalue weighted by atomic mass is 9.97. The van der Waals surface area contributed by atoms with E-state index in [9.17, 15) is 13.2 Å². The molecule has 0 bridgehead atoms. The molecular formula is C26H28N2O4S. The topological polar surface area (TPSA) is 68.6 Å². The predicted molar refractivity (Wildman–Crippen MR) is 129 cm³/mol. The third kappa shape index (κ3) is 4.68. The largest absolute Gasteiger partial charge is 0.491 e. The van der Waals surface area contributed by atoms with Crippen LogP contribution in [-0.4, -0.2) is 42.8 Å². The monoisotopic (exact) mass is 464 g/mol. The summed E-state index contributed by atoms with van der Waals surface area (Å²) in [6.45, 7) is 4.95. The fourth-order valence-corrected chi connectivity index (χ4v) is 5.96. The summed E-state index contributed by atoms with van der Waals surface area (Å²) in [4.78, 5) is 11.5. The van der Waals surface area contributed by atoms with E-state index < -0.39 is 10.0 Å². The third-order valence-electron chi connectivity index (χ3n) is 5.98. The maximum absolute atomic E-state index is 13.2. The number of fused-ring (bicyclic) bond motifs is 1. The Bertz CT molecular complexity index is 1300. The molecule has 1 aromatic heterocycles. The van der Waals surface area contributed by atoms with Crippen LogP contribution in [0.3, 0.4) is 0 Å². The molecule has 0 saturated carbocycles. The van der Waals surface area contributed by atoms with Gasteiger partial charge in [-0.3, -0.25) is 0 Å². The van der Waals surface area contributed by atoms with Gasteiger partial charge in [0.15, 0.2) is 0 Å². The highest BCUT2D eigenvalue weighted by molar-refractivity contribution is 7.89. The van der Waals surface area contributed by atoms with Gasteiger partial charge in [-0.2, -0.15) is 4.31 Å². The number of aldehydes is 1. The van der Waals surface area contributed by atoms with Crippen LogP contribution < -0.4 is 4.74 Å². The van der Waals surface area contributed by atoms with E-state index in [1.165, 1.54) is 0 Å². The number of rotatable bonds is 8. The van der Waals surface area contributed by atoms with Crippen molar-refractivity contribution in [1.29, 1.82) is 0 Å². The molecule has 3 aromatic rings. The summed E-state index contributed by atoms with van der Waals surface area (Å²) in [6.07, 6.45) is 9.58. The maximum Gasteiger partial charge on any atom is 0.243 e. The van der Waals surface area contributed by atoms with Gasteiger partial charge in [0.2, 0.25) is 10.0 Å². The molecule has 1 fully saturated rings. The fourth-order valence-electron chi connectivity index (χ4n) is 4.46. The SMILES string of the molecule is C#CCc1ccc2c(C3CCN(S(=O)(=O)c4ccc(OC(C)C)cc4)C3)cn(CC=O)c2c1. The number of carbonyl (C=O) groups is 1. The number of aromatic nitrogens is 1. The van der Waals surface area contributed by atoms with E-state index in [1.807, 2.05) is 42.8 Å². The first-order valence-corrected chi connectivity index (χ1v) is 12.5. The predicted octanol–water partition coefficient (Wildman–Crippen LogP) is 3.98. The van der Waals surface area contributed by atoms with Crippen LogP contribution in [0.4, 0.5) is 0 Å². The molecule has 1 saturated heterocycles. The van der Waals surface area contributed by atoms with Gasteiger partial charge in [-0.15, -0.1) is 12.3 Å². The molecule has 7 heteroatoms. The van der Waals surface area contributed by atoms with E-state index in [-0.39, 0.29) is 23.5 Å². The molecular weight excluding hydrogens is 436 g/mol. The smallest absolute Gasteiger partial charge is 0.243 e. The van der Waals surface area contributed by atoms with Gasteiger partial charge in [0, 0.05) is 42.5 Å². The van der Waals surface area contributed by atoms with E-state index >= 15 is 0 Å². The van der Waals surface area contributed by atoms with Gasteiger partial charge in [-0.1, -0.05) is 12.1 Å². The highest BCUT2D eigenvalue weighted by Gasteiger charge is 2.34. The molecule has 1 unspecified atom stereocenters. The zero-order valence-corrected chi connectivity index (χ0v) is 19.7. The quantitative estimate of drug-likeness (QED) is 0.374. The molecule has 6 nitrogen and oxygen atoms in total. The molecule has 4 rings (SSSR count). The van der Waals surface area contributed by atoms with E-state index in [4.69, 9.17) is 11.2 Å². The van der Waals surface area contributed by atoms with Crippen molar-refractivity contribution in [1.82, 2.24) is 8.87 Å². The summed E-state index contributed by atoms with van der Waals surface area (Å²) in [5.74, 6) is 3.35. The van der Waals surface area contributed by atoms with Crippen LogP contribution in [0, 0.1) is 12.3 Å². The van der Waals surface area contributed by atoms with Crippen molar-refractivity contribution >= 4 is 27.2 Å². The highest BCUT2D eigenvalue weighted by Crippen LogP contribution is 2.36. The molecule has 0 spiro atoms. The molecule has 0 amide bonds. The number of carbonyl (C=O) groups excluding carboxylic acids is 1. The lowest BCUT2D eigenvalue weighted by Crippen LogP contribution is -2.28. The van der Waals surface area contributed by atoms with Crippen LogP contribution in [0.15, 0.2) is 53.6 Å². The normalized spacial score (nSPS) is 16.8. The second-order valence-corrected chi connectivity index (χ2v) is 10.6. The molecule has 2 heterocycles. The van der Waals surface area contributed by atoms with Gasteiger partial charge in [-0.05, 0) is 61.7 Å². The maximum atomic E-state index is 13.2. The minimum Gasteiger partial charge on any atom is -0.491 e. The molecule has 172 valence electrons. The summed E-state index contributed by atoms with van der Waals surface area (Å²) < 4.78 is 35.6. The summed E-state index contributed by atoms with van der Waals surface area (Å²) in [7, 11) is -3.60. The van der Waals surface area contributed by atoms with E-state index in [0.29, 0.717) is 25.3 Å². The number of terminal acetylenes is 1. The van der Waals surface area contributed by atoms with Crippen LogP contribution in [0.2, 0.25) is 0 Å². The number of hydrogen-bond donors (Lipinski definition) is 0. The fraction of sp³-hybridized carbons (Fsp3) is 0.346. The Kier molecular flexibility index (Phi) is 6.59. The van der Waals surface area contributed by atoms with Gasteiger partial charge >= 0.3 is 0 Å². The van der Waals surface area contributed by atoms with Crippen LogP contribution >= 0.6 is 0 Å². The average molecular weight is 465 g/mol. The summed E-state index contributed by atoms with van der Waals surface area (Å²) in [6, 6.07) is 12.6. The van der Waals surface area contributed by atoms with E-state index in [1.54, 1.807) is 28.6 Å². The van der Waals surface area contributed by atoms with E-state index in [2.05, 4.69) is 5.92 Å². The number of ether oxygens (including phenoxy) is 1. The minimum atomic E-state index is -3.60. The first-order chi connectivity index (χ1) is 15.8. The summed E-state index contributed by atoms with van der Waals surface area (Å²) in [5.41, 5.74) is 3.03. The zero-order valence-electron chi connectivity index (χ0n) is 18.9. The van der Waals surface area contributed by atoms with Gasteiger partial charge in [0.1, 0.15) is 12.0 Å². The minimum absolute atomic E-state index is 0.0239. The van der Waals surface area contributed by atoms with Gasteiger partial charge in [0.25, 0.3) is 0 Å². The first kappa shape index (κ1) is 23.1. The second kappa shape index (κ2) is 9.42. The number of sulfonamides is 1. The number of hydrogen-bond acceptors (Lipinski definition) is 4. The van der Waals surface area contributed by atoms with Crippen LogP contribution in [0.1, 0.15) is 37.3 Å². The van der Waals surface area contributed by atoms with Crippen molar-refractivity contribution in [3.05, 3.63) is 59.8 Å². The number of benzene rings is 2. The molecule has 0 aliphatic carbocycles. The van der Waals surface area contributed by atoms with Crippen molar-refractivity contribution in [2.45, 2.75) is 50.2 Å². The summed E-state index contributed by atoms with van der Waals surface area (Å²) >= 11 is 0. The molecule has 33 heavy (non-hydrogen) atoms. The first-order valence-electron chi connectivity index (χ1n) is 11.1. The highest BCUT2D eigenvalue weighted by atomic mass is 32.2. The molecule has 2 aromatic carbocycles. The van der Waals surface area contributed by atoms with E-state index in [0.717, 1.165) is 34.7 Å². The Morgan fingerprint density at radius 2 is 1.97 bits per heavy atom. The Morgan fingerprint density at radius 3 is 2.64 bits per heavy atom. The summed E-state index contributed by atoms with van der Waals surface area (Å²) in [5, 5.41) is 1.04. The van der Waals surface area contributed by atoms with Crippen LogP contribution in [0.25, 0.3) is 10.9 Å². The molecule has 1 aliphatic rings. The second-order valence-electron chi connectivity index (χ2n) is 8.62. The molecule has 0 N–H and O–H groups in total. The van der Waals surface area contributed by atoms with Gasteiger partial charge in [0.05, 0.1) is 17.5 Å². The average Bonchev–Trinajstić information content (AvgIpc) is 3.40. The number of nitrogens with zero attached hydrogens (tertiary/aromatic N) is 2. The molecule has 1 atom stereocenters. The van der Waals surface area contributed by atoms with Crippen molar-refractivity contribution in [2.75, 3.05) is 13.1 Å². The lowest BCUT2D eigenvalue weighted by Gasteiger charge is -2.17. The van der Waals surface area contributed by atoms with Crippen molar-refractivity contribution in [3.63, 3.8) is 0 Å². The standard InChI is InChI=1S/C26H28N2O4S/c1-4-5-20-6-11-24-25(18-27(14-15-29)26(24)16-20)21-12-13-28(17-21)33(30,31)23-9-7-22(8-10-23)32-19(2)3/h1,6-11,15-16,18-19,21H,5,12-14,17H2,2-3H3. The van der Waals surface area contributed by atoms with Crippen molar-refractivity contribution in [3.8, 4) is 18.1 Å². The third-order valence-corrected chi connectivity index (χ3v) is 7.86. The van der Waals surface area contributed by atoms with Crippen molar-refractivity contribution in [2.24, 2.45) is 0 Å². The Labute approximate surface area is 195 Å². The van der Waals surface area contributed by atoms with Crippen LogP contribution in [0.5, 0.6) is 5.75 Å². The zero-order chi connectivity index (χ0) is 23.6. The molecule has 1 aliphatic heterocycles. The molecule has 0 radical (unpaired) electrons. The van der Waals surface area contributed by atoms with Crippen LogP contribution in [-0.2, 0) is 27.8 Å². The van der Waals surface area contributed by atoms with Gasteiger partial charge < -0.3 is 14.1 Å². The Morgan fingerprint density at radius 1 is 1.21 bits per heavy atom. The Balaban J connectivity index is 1.59. The Hall–Kier alpha value is -3.08. The lowest BCUT2D eigenvalue weighted by molar-refractivity contribution is -0.108. The van der Waals surface area contributed by atoms with Crippen molar-refractivity contribution < 1.29 is 17.9 Å².